The van der Waals surface area contributed by atoms with E-state index < -0.39 is 0 Å². The highest BCUT2D eigenvalue weighted by molar-refractivity contribution is 5.22. The zero-order valence-electron chi connectivity index (χ0n) is 12.8. The molecule has 20 heavy (non-hydrogen) atoms. The highest BCUT2D eigenvalue weighted by Crippen LogP contribution is 2.12. The number of hydrogen-bond acceptors (Lipinski definition) is 4. The maximum atomic E-state index is 5.83. The smallest absolute Gasteiger partial charge is 0.122 e. The number of rotatable bonds is 8. The number of ether oxygens (including phenoxy) is 1. The molecule has 1 fully saturated rings. The minimum absolute atomic E-state index is 0.662. The third-order valence-corrected chi connectivity index (χ3v) is 3.52. The van der Waals surface area contributed by atoms with Crippen molar-refractivity contribution in [2.75, 3.05) is 32.8 Å². The van der Waals surface area contributed by atoms with Gasteiger partial charge in [-0.25, -0.2) is 0 Å². The Balaban J connectivity index is 1.71. The Kier molecular flexibility index (Phi) is 6.27. The van der Waals surface area contributed by atoms with Crippen molar-refractivity contribution >= 4 is 0 Å². The molecule has 2 heterocycles. The first-order valence-corrected chi connectivity index (χ1v) is 7.75. The molecule has 1 aromatic heterocycles. The fraction of sp³-hybridized carbons (Fsp3) is 0.688. The molecule has 112 valence electrons. The zero-order chi connectivity index (χ0) is 14.2. The van der Waals surface area contributed by atoms with Crippen LogP contribution in [0.25, 0.3) is 0 Å². The van der Waals surface area contributed by atoms with Gasteiger partial charge >= 0.3 is 0 Å². The van der Waals surface area contributed by atoms with E-state index >= 15 is 0 Å². The molecule has 0 spiro atoms. The van der Waals surface area contributed by atoms with Crippen LogP contribution >= 0.6 is 0 Å². The summed E-state index contributed by atoms with van der Waals surface area (Å²) in [6.07, 6.45) is 4.50. The largest absolute Gasteiger partial charge is 0.492 e. The van der Waals surface area contributed by atoms with Crippen molar-refractivity contribution in [3.63, 3.8) is 0 Å². The molecule has 1 N–H and O–H groups in total. The van der Waals surface area contributed by atoms with Crippen LogP contribution in [0.15, 0.2) is 18.3 Å². The monoisotopic (exact) mass is 277 g/mol. The van der Waals surface area contributed by atoms with E-state index in [2.05, 4.69) is 29.0 Å². The number of hydrogen-bond donors (Lipinski definition) is 1. The molecular weight excluding hydrogens is 250 g/mol. The maximum Gasteiger partial charge on any atom is 0.122 e. The van der Waals surface area contributed by atoms with Gasteiger partial charge in [-0.2, -0.15) is 0 Å². The van der Waals surface area contributed by atoms with Gasteiger partial charge in [0.05, 0.1) is 5.69 Å². The van der Waals surface area contributed by atoms with Gasteiger partial charge in [-0.1, -0.05) is 13.8 Å². The van der Waals surface area contributed by atoms with Crippen LogP contribution in [-0.2, 0) is 6.54 Å². The number of aromatic nitrogens is 1. The second kappa shape index (κ2) is 8.22. The third kappa shape index (κ3) is 5.47. The molecular formula is C16H27N3O. The third-order valence-electron chi connectivity index (χ3n) is 3.52. The van der Waals surface area contributed by atoms with E-state index in [0.29, 0.717) is 5.92 Å². The number of pyridine rings is 1. The van der Waals surface area contributed by atoms with E-state index in [-0.39, 0.29) is 0 Å². The van der Waals surface area contributed by atoms with E-state index in [1.807, 2.05) is 18.3 Å². The van der Waals surface area contributed by atoms with Crippen LogP contribution < -0.4 is 10.1 Å². The summed E-state index contributed by atoms with van der Waals surface area (Å²) < 4.78 is 5.83. The summed E-state index contributed by atoms with van der Waals surface area (Å²) in [5.74, 6) is 1.59. The molecule has 0 unspecified atom stereocenters. The molecule has 0 radical (unpaired) electrons. The topological polar surface area (TPSA) is 37.4 Å². The van der Waals surface area contributed by atoms with Crippen LogP contribution in [0.5, 0.6) is 5.75 Å². The summed E-state index contributed by atoms with van der Waals surface area (Å²) >= 11 is 0. The van der Waals surface area contributed by atoms with Crippen LogP contribution in [0.3, 0.4) is 0 Å². The summed E-state index contributed by atoms with van der Waals surface area (Å²) in [4.78, 5) is 6.83. The number of likely N-dealkylation sites (tertiary alicyclic amines) is 1. The molecule has 0 amide bonds. The summed E-state index contributed by atoms with van der Waals surface area (Å²) in [5.41, 5.74) is 1.05. The lowest BCUT2D eigenvalue weighted by Gasteiger charge is -2.15. The Morgan fingerprint density at radius 3 is 2.90 bits per heavy atom. The number of nitrogens with zero attached hydrogens (tertiary/aromatic N) is 2. The van der Waals surface area contributed by atoms with Crippen molar-refractivity contribution in [1.82, 2.24) is 15.2 Å². The fourth-order valence-corrected chi connectivity index (χ4v) is 2.43. The molecule has 2 rings (SSSR count). The Morgan fingerprint density at radius 1 is 1.35 bits per heavy atom. The van der Waals surface area contributed by atoms with E-state index in [1.54, 1.807) is 0 Å². The van der Waals surface area contributed by atoms with Crippen molar-refractivity contribution in [2.24, 2.45) is 5.92 Å². The molecule has 0 aliphatic carbocycles. The Hall–Kier alpha value is -1.13. The molecule has 0 bridgehead atoms. The molecule has 4 heteroatoms. The van der Waals surface area contributed by atoms with Gasteiger partial charge in [0.25, 0.3) is 0 Å². The van der Waals surface area contributed by atoms with Gasteiger partial charge in [0.2, 0.25) is 0 Å². The quantitative estimate of drug-likeness (QED) is 0.791. The molecule has 0 saturated carbocycles. The van der Waals surface area contributed by atoms with E-state index in [0.717, 1.165) is 37.7 Å². The molecule has 0 aromatic carbocycles. The van der Waals surface area contributed by atoms with Gasteiger partial charge in [-0.3, -0.25) is 9.88 Å². The van der Waals surface area contributed by atoms with E-state index in [9.17, 15) is 0 Å². The normalized spacial score (nSPS) is 15.9. The molecule has 0 atom stereocenters. The maximum absolute atomic E-state index is 5.83. The molecule has 4 nitrogen and oxygen atoms in total. The summed E-state index contributed by atoms with van der Waals surface area (Å²) in [6.45, 7) is 10.5. The predicted octanol–water partition coefficient (Wildman–Crippen LogP) is 2.30. The van der Waals surface area contributed by atoms with Crippen molar-refractivity contribution in [3.05, 3.63) is 24.0 Å². The Morgan fingerprint density at radius 2 is 2.15 bits per heavy atom. The van der Waals surface area contributed by atoms with E-state index in [1.165, 1.54) is 25.9 Å². The Bertz CT molecular complexity index is 389. The first-order valence-electron chi connectivity index (χ1n) is 7.75. The van der Waals surface area contributed by atoms with Gasteiger partial charge in [-0.05, 0) is 44.5 Å². The minimum Gasteiger partial charge on any atom is -0.492 e. The summed E-state index contributed by atoms with van der Waals surface area (Å²) in [7, 11) is 0. The first kappa shape index (κ1) is 15.3. The second-order valence-electron chi connectivity index (χ2n) is 5.90. The number of nitrogens with one attached hydrogen (secondary N) is 1. The van der Waals surface area contributed by atoms with Crippen molar-refractivity contribution in [2.45, 2.75) is 33.2 Å². The highest BCUT2D eigenvalue weighted by atomic mass is 16.5. The zero-order valence-corrected chi connectivity index (χ0v) is 12.8. The van der Waals surface area contributed by atoms with Gasteiger partial charge in [-0.15, -0.1) is 0 Å². The summed E-state index contributed by atoms with van der Waals surface area (Å²) in [6, 6.07) is 3.98. The van der Waals surface area contributed by atoms with E-state index in [4.69, 9.17) is 4.74 Å². The molecule has 1 saturated heterocycles. The summed E-state index contributed by atoms with van der Waals surface area (Å²) in [5, 5.41) is 3.40. The van der Waals surface area contributed by atoms with Gasteiger partial charge in [0.15, 0.2) is 0 Å². The van der Waals surface area contributed by atoms with Crippen LogP contribution in [0.4, 0.5) is 0 Å². The fourth-order valence-electron chi connectivity index (χ4n) is 2.43. The van der Waals surface area contributed by atoms with Crippen molar-refractivity contribution < 1.29 is 4.74 Å². The van der Waals surface area contributed by atoms with Crippen LogP contribution in [0, 0.1) is 5.92 Å². The Labute approximate surface area is 122 Å². The van der Waals surface area contributed by atoms with Gasteiger partial charge < -0.3 is 10.1 Å². The first-order chi connectivity index (χ1) is 9.74. The minimum atomic E-state index is 0.662. The molecule has 1 aromatic rings. The highest BCUT2D eigenvalue weighted by Gasteiger charge is 2.10. The van der Waals surface area contributed by atoms with Gasteiger partial charge in [0.1, 0.15) is 12.4 Å². The lowest BCUT2D eigenvalue weighted by Crippen LogP contribution is -2.25. The van der Waals surface area contributed by atoms with Crippen LogP contribution in [-0.4, -0.2) is 42.7 Å². The average molecular weight is 277 g/mol. The van der Waals surface area contributed by atoms with Crippen molar-refractivity contribution in [3.8, 4) is 5.75 Å². The van der Waals surface area contributed by atoms with Gasteiger partial charge in [0, 0.05) is 25.4 Å². The predicted molar refractivity (Wildman–Crippen MR) is 82.0 cm³/mol. The molecule has 1 aliphatic heterocycles. The standard InChI is InChI=1S/C16H27N3O/c1-14(2)12-17-13-15-11-16(5-6-18-15)20-10-9-19-7-3-4-8-19/h5-6,11,14,17H,3-4,7-10,12-13H2,1-2H3. The molecule has 1 aliphatic rings. The lowest BCUT2D eigenvalue weighted by molar-refractivity contribution is 0.237. The van der Waals surface area contributed by atoms with Crippen LogP contribution in [0.2, 0.25) is 0 Å². The van der Waals surface area contributed by atoms with Crippen molar-refractivity contribution in [1.29, 1.82) is 0 Å². The average Bonchev–Trinajstić information content (AvgIpc) is 2.92. The van der Waals surface area contributed by atoms with Crippen LogP contribution in [0.1, 0.15) is 32.4 Å². The lowest BCUT2D eigenvalue weighted by atomic mass is 10.2. The SMILES string of the molecule is CC(C)CNCc1cc(OCCN2CCCC2)ccn1. The second-order valence-corrected chi connectivity index (χ2v) is 5.90.